The minimum absolute atomic E-state index is 0.116. The van der Waals surface area contributed by atoms with E-state index in [1.807, 2.05) is 0 Å². The Balaban J connectivity index is 2.09. The molecule has 2 bridgehead atoms. The van der Waals surface area contributed by atoms with Crippen molar-refractivity contribution in [2.24, 2.45) is 5.41 Å². The summed E-state index contributed by atoms with van der Waals surface area (Å²) in [7, 11) is 0. The minimum Gasteiger partial charge on any atom is -0.481 e. The molecule has 1 saturated heterocycles. The number of fused-ring (bicyclic) bond motifs is 2. The molecule has 3 atom stereocenters. The van der Waals surface area contributed by atoms with Gasteiger partial charge in [-0.2, -0.15) is 0 Å². The number of amides is 1. The topological polar surface area (TPSA) is 75.6 Å². The Labute approximate surface area is 81.4 Å². The third-order valence-electron chi connectivity index (χ3n) is 3.07. The van der Waals surface area contributed by atoms with Crippen LogP contribution in [-0.4, -0.2) is 35.7 Å². The molecule has 1 saturated carbocycles. The van der Waals surface area contributed by atoms with Crippen LogP contribution in [0.5, 0.6) is 0 Å². The van der Waals surface area contributed by atoms with Crippen molar-refractivity contribution in [1.29, 1.82) is 0 Å². The second-order valence-electron chi connectivity index (χ2n) is 4.15. The lowest BCUT2D eigenvalue weighted by atomic mass is 9.88. The van der Waals surface area contributed by atoms with E-state index >= 15 is 0 Å². The fourth-order valence-corrected chi connectivity index (χ4v) is 2.36. The average molecular weight is 199 g/mol. The van der Waals surface area contributed by atoms with Crippen LogP contribution >= 0.6 is 0 Å². The average Bonchev–Trinajstić information content (AvgIpc) is 2.60. The van der Waals surface area contributed by atoms with E-state index < -0.39 is 11.4 Å². The molecular formula is C9H13NO4. The highest BCUT2D eigenvalue weighted by molar-refractivity contribution is 5.77. The largest absolute Gasteiger partial charge is 0.481 e. The summed E-state index contributed by atoms with van der Waals surface area (Å²) in [4.78, 5) is 21.9. The Kier molecular flexibility index (Phi) is 1.99. The van der Waals surface area contributed by atoms with Crippen molar-refractivity contribution in [1.82, 2.24) is 5.32 Å². The van der Waals surface area contributed by atoms with Gasteiger partial charge in [-0.3, -0.25) is 9.59 Å². The summed E-state index contributed by atoms with van der Waals surface area (Å²) < 4.78 is 5.33. The third-order valence-corrected chi connectivity index (χ3v) is 3.07. The van der Waals surface area contributed by atoms with Gasteiger partial charge in [0.2, 0.25) is 5.91 Å². The first-order valence-electron chi connectivity index (χ1n) is 4.66. The van der Waals surface area contributed by atoms with Gasteiger partial charge in [-0.05, 0) is 12.8 Å². The van der Waals surface area contributed by atoms with Gasteiger partial charge in [0.1, 0.15) is 0 Å². The predicted octanol–water partition coefficient (Wildman–Crippen LogP) is -0.245. The van der Waals surface area contributed by atoms with Gasteiger partial charge in [-0.1, -0.05) is 0 Å². The number of carboxylic acid groups (broad SMARTS) is 1. The number of hydrogen-bond donors (Lipinski definition) is 2. The molecule has 0 radical (unpaired) electrons. The fourth-order valence-electron chi connectivity index (χ4n) is 2.36. The number of ether oxygens (including phenoxy) is 1. The summed E-state index contributed by atoms with van der Waals surface area (Å²) in [5.74, 6) is -0.945. The Bertz CT molecular complexity index is 291. The zero-order valence-electron chi connectivity index (χ0n) is 7.95. The molecule has 2 aliphatic rings. The minimum atomic E-state index is -0.812. The Morgan fingerprint density at radius 2 is 2.21 bits per heavy atom. The smallest absolute Gasteiger partial charge is 0.312 e. The number of carbonyl (C=O) groups is 2. The van der Waals surface area contributed by atoms with Gasteiger partial charge in [0.15, 0.2) is 0 Å². The molecule has 0 aromatic heterocycles. The summed E-state index contributed by atoms with van der Waals surface area (Å²) in [6, 6.07) is -0.127. The molecule has 0 aromatic rings. The van der Waals surface area contributed by atoms with Gasteiger partial charge in [-0.15, -0.1) is 0 Å². The number of aliphatic carboxylic acids is 1. The van der Waals surface area contributed by atoms with Gasteiger partial charge >= 0.3 is 5.97 Å². The number of nitrogens with one attached hydrogen (secondary N) is 1. The van der Waals surface area contributed by atoms with Crippen molar-refractivity contribution in [2.45, 2.75) is 31.9 Å². The number of carboxylic acids is 1. The van der Waals surface area contributed by atoms with Gasteiger partial charge in [-0.25, -0.2) is 0 Å². The van der Waals surface area contributed by atoms with Gasteiger partial charge < -0.3 is 15.2 Å². The van der Waals surface area contributed by atoms with Crippen LogP contribution in [0.3, 0.4) is 0 Å². The molecule has 1 amide bonds. The summed E-state index contributed by atoms with van der Waals surface area (Å²) in [6.45, 7) is 1.71. The number of hydrogen-bond acceptors (Lipinski definition) is 3. The molecule has 1 heterocycles. The normalized spacial score (nSPS) is 39.8. The standard InChI is InChI=1S/C9H13NO4/c1-5(11)10-6-2-9(8(12)13)3-7(6)14-4-9/h6-7H,2-4H2,1H3,(H,10,11)(H,12,13)/t6-,7-,9+/m1/s1. The first-order valence-corrected chi connectivity index (χ1v) is 4.66. The molecule has 2 fully saturated rings. The molecule has 2 N–H and O–H groups in total. The van der Waals surface area contributed by atoms with Crippen molar-refractivity contribution in [3.8, 4) is 0 Å². The van der Waals surface area contributed by atoms with Crippen LogP contribution < -0.4 is 5.32 Å². The maximum Gasteiger partial charge on any atom is 0.312 e. The second-order valence-corrected chi connectivity index (χ2v) is 4.15. The third kappa shape index (κ3) is 1.28. The van der Waals surface area contributed by atoms with Gasteiger partial charge in [0, 0.05) is 6.92 Å². The maximum atomic E-state index is 11.0. The van der Waals surface area contributed by atoms with Crippen molar-refractivity contribution in [3.63, 3.8) is 0 Å². The lowest BCUT2D eigenvalue weighted by Crippen LogP contribution is -2.44. The van der Waals surface area contributed by atoms with Crippen LogP contribution in [0.1, 0.15) is 19.8 Å². The van der Waals surface area contributed by atoms with Crippen molar-refractivity contribution in [3.05, 3.63) is 0 Å². The summed E-state index contributed by atoms with van der Waals surface area (Å²) in [6.07, 6.45) is 0.898. The predicted molar refractivity (Wildman–Crippen MR) is 46.6 cm³/mol. The van der Waals surface area contributed by atoms with E-state index in [2.05, 4.69) is 5.32 Å². The van der Waals surface area contributed by atoms with E-state index in [0.717, 1.165) is 0 Å². The zero-order chi connectivity index (χ0) is 10.3. The van der Waals surface area contributed by atoms with E-state index in [0.29, 0.717) is 12.8 Å². The molecule has 1 aliphatic carbocycles. The number of rotatable bonds is 2. The lowest BCUT2D eigenvalue weighted by molar-refractivity contribution is -0.150. The molecule has 14 heavy (non-hydrogen) atoms. The Hall–Kier alpha value is -1.10. The van der Waals surface area contributed by atoms with Crippen LogP contribution in [0.4, 0.5) is 0 Å². The summed E-state index contributed by atoms with van der Waals surface area (Å²) in [5.41, 5.74) is -0.752. The molecule has 1 aliphatic heterocycles. The fraction of sp³-hybridized carbons (Fsp3) is 0.778. The second kappa shape index (κ2) is 2.95. The lowest BCUT2D eigenvalue weighted by Gasteiger charge is -2.26. The van der Waals surface area contributed by atoms with E-state index in [1.165, 1.54) is 6.92 Å². The highest BCUT2D eigenvalue weighted by Crippen LogP contribution is 2.46. The van der Waals surface area contributed by atoms with E-state index in [9.17, 15) is 9.59 Å². The van der Waals surface area contributed by atoms with E-state index in [4.69, 9.17) is 9.84 Å². The first-order chi connectivity index (χ1) is 6.53. The van der Waals surface area contributed by atoms with Crippen molar-refractivity contribution in [2.75, 3.05) is 6.61 Å². The molecule has 5 nitrogen and oxygen atoms in total. The SMILES string of the molecule is CC(=O)N[C@@H]1C[C@@]2(C(=O)O)CO[C@@H]1C2. The van der Waals surface area contributed by atoms with Gasteiger partial charge in [0.25, 0.3) is 0 Å². The molecule has 0 unspecified atom stereocenters. The van der Waals surface area contributed by atoms with Crippen LogP contribution in [0.15, 0.2) is 0 Å². The summed E-state index contributed by atoms with van der Waals surface area (Å²) >= 11 is 0. The van der Waals surface area contributed by atoms with E-state index in [1.54, 1.807) is 0 Å². The van der Waals surface area contributed by atoms with Crippen LogP contribution in [-0.2, 0) is 14.3 Å². The van der Waals surface area contributed by atoms with Crippen molar-refractivity contribution < 1.29 is 19.4 Å². The molecule has 0 spiro atoms. The van der Waals surface area contributed by atoms with Crippen molar-refractivity contribution >= 4 is 11.9 Å². The zero-order valence-corrected chi connectivity index (χ0v) is 7.95. The monoisotopic (exact) mass is 199 g/mol. The molecular weight excluding hydrogens is 186 g/mol. The summed E-state index contributed by atoms with van der Waals surface area (Å²) in [5, 5.41) is 11.8. The Morgan fingerprint density at radius 1 is 1.50 bits per heavy atom. The molecule has 2 rings (SSSR count). The van der Waals surface area contributed by atoms with Crippen LogP contribution in [0, 0.1) is 5.41 Å². The first kappa shape index (κ1) is 9.45. The quantitative estimate of drug-likeness (QED) is 0.643. The van der Waals surface area contributed by atoms with Gasteiger partial charge in [0.05, 0.1) is 24.2 Å². The molecule has 78 valence electrons. The molecule has 5 heteroatoms. The van der Waals surface area contributed by atoms with E-state index in [-0.39, 0.29) is 24.7 Å². The van der Waals surface area contributed by atoms with Crippen LogP contribution in [0.2, 0.25) is 0 Å². The highest BCUT2D eigenvalue weighted by atomic mass is 16.5. The highest BCUT2D eigenvalue weighted by Gasteiger charge is 2.56. The number of carbonyl (C=O) groups excluding carboxylic acids is 1. The van der Waals surface area contributed by atoms with Crippen LogP contribution in [0.25, 0.3) is 0 Å². The maximum absolute atomic E-state index is 11.0. The molecule has 0 aromatic carbocycles. The Morgan fingerprint density at radius 3 is 2.71 bits per heavy atom.